The molecule has 0 saturated heterocycles. The number of carbonyl (C=O) groups is 3. The second-order valence-electron chi connectivity index (χ2n) is 6.34. The van der Waals surface area contributed by atoms with Crippen molar-refractivity contribution in [3.05, 3.63) is 35.4 Å². The van der Waals surface area contributed by atoms with Gasteiger partial charge in [-0.05, 0) is 49.7 Å². The van der Waals surface area contributed by atoms with Crippen LogP contribution in [-0.4, -0.2) is 41.0 Å². The molecule has 0 bridgehead atoms. The molecule has 1 aromatic rings. The van der Waals surface area contributed by atoms with Gasteiger partial charge in [0.05, 0.1) is 11.1 Å². The molecule has 1 heterocycles. The van der Waals surface area contributed by atoms with Crippen molar-refractivity contribution in [2.24, 2.45) is 11.8 Å². The summed E-state index contributed by atoms with van der Waals surface area (Å²) in [7, 11) is 0. The van der Waals surface area contributed by atoms with Gasteiger partial charge in [-0.1, -0.05) is 12.1 Å². The molecule has 1 aromatic carbocycles. The van der Waals surface area contributed by atoms with Gasteiger partial charge >= 0.3 is 6.09 Å². The molecule has 3 amide bonds. The monoisotopic (exact) mass is 316 g/mol. The third kappa shape index (κ3) is 3.21. The predicted octanol–water partition coefficient (Wildman–Crippen LogP) is 2.36. The summed E-state index contributed by atoms with van der Waals surface area (Å²) in [4.78, 5) is 36.6. The summed E-state index contributed by atoms with van der Waals surface area (Å²) < 4.78 is 0. The highest BCUT2D eigenvalue weighted by Gasteiger charge is 2.36. The molecule has 122 valence electrons. The first-order valence-electron chi connectivity index (χ1n) is 7.98. The van der Waals surface area contributed by atoms with Gasteiger partial charge in [-0.15, -0.1) is 0 Å². The van der Waals surface area contributed by atoms with E-state index < -0.39 is 6.09 Å². The lowest BCUT2D eigenvalue weighted by molar-refractivity contribution is 0.0609. The molecule has 0 unspecified atom stereocenters. The molecule has 23 heavy (non-hydrogen) atoms. The van der Waals surface area contributed by atoms with Gasteiger partial charge in [0.25, 0.3) is 11.8 Å². The summed E-state index contributed by atoms with van der Waals surface area (Å²) >= 11 is 0. The first kappa shape index (κ1) is 15.5. The van der Waals surface area contributed by atoms with E-state index in [-0.39, 0.29) is 11.8 Å². The van der Waals surface area contributed by atoms with Gasteiger partial charge in [-0.25, -0.2) is 4.79 Å². The fraction of sp³-hybridized carbons (Fsp3) is 0.471. The average molecular weight is 316 g/mol. The number of amides is 3. The van der Waals surface area contributed by atoms with Gasteiger partial charge in [-0.2, -0.15) is 0 Å². The summed E-state index contributed by atoms with van der Waals surface area (Å²) in [6, 6.07) is 6.94. The Bertz CT molecular complexity index is 600. The lowest BCUT2D eigenvalue weighted by atomic mass is 9.81. The van der Waals surface area contributed by atoms with Crippen LogP contribution in [0.4, 0.5) is 4.79 Å². The van der Waals surface area contributed by atoms with Crippen LogP contribution in [0.25, 0.3) is 0 Å². The number of benzene rings is 1. The summed E-state index contributed by atoms with van der Waals surface area (Å²) in [6.07, 6.45) is 2.69. The molecular weight excluding hydrogens is 296 g/mol. The smallest absolute Gasteiger partial charge is 0.404 e. The van der Waals surface area contributed by atoms with Crippen LogP contribution in [0.5, 0.6) is 0 Å². The van der Waals surface area contributed by atoms with Crippen molar-refractivity contribution in [2.45, 2.75) is 25.7 Å². The molecule has 6 nitrogen and oxygen atoms in total. The summed E-state index contributed by atoms with van der Waals surface area (Å²) in [5.74, 6) is 0.267. The maximum absolute atomic E-state index is 12.4. The maximum atomic E-state index is 12.4. The van der Waals surface area contributed by atoms with Crippen LogP contribution in [0.2, 0.25) is 0 Å². The van der Waals surface area contributed by atoms with Crippen molar-refractivity contribution in [1.29, 1.82) is 0 Å². The molecule has 6 heteroatoms. The second-order valence-corrected chi connectivity index (χ2v) is 6.34. The minimum absolute atomic E-state index is 0.194. The number of rotatable bonds is 4. The normalized spacial score (nSPS) is 23.7. The van der Waals surface area contributed by atoms with E-state index in [9.17, 15) is 14.4 Å². The molecule has 0 atom stereocenters. The van der Waals surface area contributed by atoms with Gasteiger partial charge in [-0.3, -0.25) is 14.5 Å². The van der Waals surface area contributed by atoms with Crippen LogP contribution in [0.1, 0.15) is 46.4 Å². The van der Waals surface area contributed by atoms with Gasteiger partial charge in [0, 0.05) is 13.1 Å². The second kappa shape index (κ2) is 6.40. The van der Waals surface area contributed by atoms with Crippen molar-refractivity contribution in [1.82, 2.24) is 10.2 Å². The van der Waals surface area contributed by atoms with E-state index in [0.29, 0.717) is 36.1 Å². The summed E-state index contributed by atoms with van der Waals surface area (Å²) in [5.41, 5.74) is 0.994. The number of imide groups is 1. The Balaban J connectivity index is 1.55. The number of nitrogens with one attached hydrogen (secondary N) is 1. The Labute approximate surface area is 134 Å². The quantitative estimate of drug-likeness (QED) is 0.835. The molecule has 0 spiro atoms. The highest BCUT2D eigenvalue weighted by Crippen LogP contribution is 2.31. The van der Waals surface area contributed by atoms with E-state index in [1.54, 1.807) is 24.3 Å². The molecule has 0 aromatic heterocycles. The Kier molecular flexibility index (Phi) is 4.32. The highest BCUT2D eigenvalue weighted by molar-refractivity contribution is 6.21. The minimum atomic E-state index is -0.988. The zero-order valence-corrected chi connectivity index (χ0v) is 12.8. The van der Waals surface area contributed by atoms with Crippen molar-refractivity contribution < 1.29 is 19.5 Å². The Morgan fingerprint density at radius 3 is 2.09 bits per heavy atom. The highest BCUT2D eigenvalue weighted by atomic mass is 16.4. The van der Waals surface area contributed by atoms with Crippen LogP contribution in [0.15, 0.2) is 24.3 Å². The van der Waals surface area contributed by atoms with Gasteiger partial charge in [0.2, 0.25) is 0 Å². The van der Waals surface area contributed by atoms with Crippen LogP contribution < -0.4 is 5.32 Å². The third-order valence-electron chi connectivity index (χ3n) is 4.83. The lowest BCUT2D eigenvalue weighted by Gasteiger charge is -2.30. The maximum Gasteiger partial charge on any atom is 0.404 e. The van der Waals surface area contributed by atoms with Crippen molar-refractivity contribution >= 4 is 17.9 Å². The van der Waals surface area contributed by atoms with E-state index in [1.807, 2.05) is 0 Å². The standard InChI is InChI=1S/C17H20N2O4/c20-15-13-3-1-2-4-14(13)16(21)19(15)10-12-7-5-11(6-8-12)9-18-17(22)23/h1-4,11-12,18H,5-10H2,(H,22,23). The zero-order valence-electron chi connectivity index (χ0n) is 12.8. The summed E-state index contributed by atoms with van der Waals surface area (Å²) in [6.45, 7) is 0.945. The van der Waals surface area contributed by atoms with Crippen LogP contribution in [0.3, 0.4) is 0 Å². The molecule has 2 N–H and O–H groups in total. The summed E-state index contributed by atoms with van der Waals surface area (Å²) in [5, 5.41) is 11.1. The predicted molar refractivity (Wildman–Crippen MR) is 83.3 cm³/mol. The van der Waals surface area contributed by atoms with Gasteiger partial charge in [0.15, 0.2) is 0 Å². The largest absolute Gasteiger partial charge is 0.465 e. The van der Waals surface area contributed by atoms with E-state index in [2.05, 4.69) is 5.32 Å². The number of fused-ring (bicyclic) bond motifs is 1. The van der Waals surface area contributed by atoms with Gasteiger partial charge in [0.1, 0.15) is 0 Å². The molecular formula is C17H20N2O4. The SMILES string of the molecule is O=C(O)NCC1CCC(CN2C(=O)c3ccccc3C2=O)CC1. The van der Waals surface area contributed by atoms with Crippen molar-refractivity contribution in [3.8, 4) is 0 Å². The third-order valence-corrected chi connectivity index (χ3v) is 4.83. The number of carboxylic acid groups (broad SMARTS) is 1. The van der Waals surface area contributed by atoms with Crippen molar-refractivity contribution in [2.75, 3.05) is 13.1 Å². The van der Waals surface area contributed by atoms with Crippen molar-refractivity contribution in [3.63, 3.8) is 0 Å². The molecule has 1 aliphatic carbocycles. The zero-order chi connectivity index (χ0) is 16.4. The molecule has 1 saturated carbocycles. The van der Waals surface area contributed by atoms with Crippen LogP contribution in [0, 0.1) is 11.8 Å². The Morgan fingerprint density at radius 1 is 1.04 bits per heavy atom. The average Bonchev–Trinajstić information content (AvgIpc) is 2.80. The first-order chi connectivity index (χ1) is 11.1. The Morgan fingerprint density at radius 2 is 1.57 bits per heavy atom. The fourth-order valence-corrected chi connectivity index (χ4v) is 3.51. The molecule has 3 rings (SSSR count). The fourth-order valence-electron chi connectivity index (χ4n) is 3.51. The van der Waals surface area contributed by atoms with Crippen LogP contribution >= 0.6 is 0 Å². The number of carbonyl (C=O) groups excluding carboxylic acids is 2. The number of hydrogen-bond donors (Lipinski definition) is 2. The first-order valence-corrected chi connectivity index (χ1v) is 7.98. The van der Waals surface area contributed by atoms with Gasteiger partial charge < -0.3 is 10.4 Å². The van der Waals surface area contributed by atoms with E-state index >= 15 is 0 Å². The van der Waals surface area contributed by atoms with E-state index in [1.165, 1.54) is 4.90 Å². The Hall–Kier alpha value is -2.37. The number of nitrogens with zero attached hydrogens (tertiary/aromatic N) is 1. The minimum Gasteiger partial charge on any atom is -0.465 e. The topological polar surface area (TPSA) is 86.7 Å². The molecule has 1 aliphatic heterocycles. The molecule has 0 radical (unpaired) electrons. The molecule has 1 fully saturated rings. The van der Waals surface area contributed by atoms with E-state index in [0.717, 1.165) is 25.7 Å². The van der Waals surface area contributed by atoms with E-state index in [4.69, 9.17) is 5.11 Å². The number of hydrogen-bond acceptors (Lipinski definition) is 3. The lowest BCUT2D eigenvalue weighted by Crippen LogP contribution is -2.37. The molecule has 2 aliphatic rings. The van der Waals surface area contributed by atoms with Crippen LogP contribution in [-0.2, 0) is 0 Å².